The van der Waals surface area contributed by atoms with E-state index in [0.29, 0.717) is 6.42 Å². The minimum absolute atomic E-state index is 0.0103. The summed E-state index contributed by atoms with van der Waals surface area (Å²) >= 11 is 0. The van der Waals surface area contributed by atoms with Gasteiger partial charge in [0.2, 0.25) is 0 Å². The molecule has 0 aromatic carbocycles. The Kier molecular flexibility index (Phi) is 4.90. The first-order valence-electron chi connectivity index (χ1n) is 4.92. The second-order valence-corrected chi connectivity index (χ2v) is 3.92. The van der Waals surface area contributed by atoms with Crippen LogP contribution >= 0.6 is 0 Å². The van der Waals surface area contributed by atoms with Gasteiger partial charge >= 0.3 is 6.03 Å². The summed E-state index contributed by atoms with van der Waals surface area (Å²) in [6, 6.07) is -0.292. The molecule has 0 heterocycles. The zero-order chi connectivity index (χ0) is 12.1. The van der Waals surface area contributed by atoms with Crippen LogP contribution < -0.4 is 16.4 Å². The molecule has 0 aliphatic rings. The van der Waals surface area contributed by atoms with E-state index in [1.807, 2.05) is 20.8 Å². The van der Waals surface area contributed by atoms with Crippen molar-refractivity contribution in [3.8, 4) is 0 Å². The topological polar surface area (TPSA) is 99.7 Å². The van der Waals surface area contributed by atoms with Crippen molar-refractivity contribution >= 4 is 11.9 Å². The van der Waals surface area contributed by atoms with E-state index in [0.717, 1.165) is 0 Å². The van der Waals surface area contributed by atoms with E-state index in [-0.39, 0.29) is 17.9 Å². The third-order valence-corrected chi connectivity index (χ3v) is 2.19. The van der Waals surface area contributed by atoms with E-state index in [4.69, 9.17) is 10.9 Å². The Balaban J connectivity index is 4.51. The standard InChI is InChI=1S/C9H20N4O2/c1-5-9(4,7(10)13-15)12-8(14)11-6(2)3/h6,15H,5H2,1-4H3,(H2,10,13)(H2,11,12,14). The average Bonchev–Trinajstić information content (AvgIpc) is 2.14. The van der Waals surface area contributed by atoms with Gasteiger partial charge in [0.25, 0.3) is 0 Å². The van der Waals surface area contributed by atoms with Gasteiger partial charge in [-0.2, -0.15) is 0 Å². The monoisotopic (exact) mass is 216 g/mol. The average molecular weight is 216 g/mol. The van der Waals surface area contributed by atoms with Gasteiger partial charge in [0.1, 0.15) is 0 Å². The fourth-order valence-electron chi connectivity index (χ4n) is 0.993. The number of hydrogen-bond donors (Lipinski definition) is 4. The first kappa shape index (κ1) is 13.5. The lowest BCUT2D eigenvalue weighted by atomic mass is 9.98. The summed E-state index contributed by atoms with van der Waals surface area (Å²) in [5, 5.41) is 16.8. The Morgan fingerprint density at radius 2 is 2.13 bits per heavy atom. The van der Waals surface area contributed by atoms with E-state index in [1.54, 1.807) is 6.92 Å². The Morgan fingerprint density at radius 3 is 2.47 bits per heavy atom. The summed E-state index contributed by atoms with van der Waals surface area (Å²) in [5.41, 5.74) is 4.67. The zero-order valence-electron chi connectivity index (χ0n) is 9.66. The van der Waals surface area contributed by atoms with Crippen LogP contribution in [-0.2, 0) is 0 Å². The maximum absolute atomic E-state index is 11.4. The smallest absolute Gasteiger partial charge is 0.315 e. The van der Waals surface area contributed by atoms with Gasteiger partial charge in [-0.25, -0.2) is 4.79 Å². The molecule has 15 heavy (non-hydrogen) atoms. The molecule has 1 atom stereocenters. The minimum atomic E-state index is -0.826. The van der Waals surface area contributed by atoms with Crippen molar-refractivity contribution in [3.05, 3.63) is 0 Å². The summed E-state index contributed by atoms with van der Waals surface area (Å²) < 4.78 is 0. The number of amidine groups is 1. The molecule has 6 nitrogen and oxygen atoms in total. The highest BCUT2D eigenvalue weighted by atomic mass is 16.4. The molecular formula is C9H20N4O2. The lowest BCUT2D eigenvalue weighted by molar-refractivity contribution is 0.230. The summed E-state index contributed by atoms with van der Waals surface area (Å²) in [6.45, 7) is 7.24. The fourth-order valence-corrected chi connectivity index (χ4v) is 0.993. The molecule has 0 aromatic heterocycles. The molecule has 0 rings (SSSR count). The molecule has 0 aliphatic heterocycles. The summed E-state index contributed by atoms with van der Waals surface area (Å²) in [4.78, 5) is 11.4. The van der Waals surface area contributed by atoms with Crippen LogP contribution in [0.25, 0.3) is 0 Å². The molecule has 0 bridgehead atoms. The van der Waals surface area contributed by atoms with Crippen molar-refractivity contribution in [2.24, 2.45) is 10.9 Å². The number of urea groups is 1. The van der Waals surface area contributed by atoms with E-state index in [1.165, 1.54) is 0 Å². The first-order valence-corrected chi connectivity index (χ1v) is 4.92. The normalized spacial score (nSPS) is 15.9. The molecule has 88 valence electrons. The molecule has 2 amide bonds. The number of carbonyl (C=O) groups excluding carboxylic acids is 1. The van der Waals surface area contributed by atoms with Crippen LogP contribution in [0, 0.1) is 0 Å². The van der Waals surface area contributed by atoms with Crippen molar-refractivity contribution in [3.63, 3.8) is 0 Å². The van der Waals surface area contributed by atoms with Crippen molar-refractivity contribution in [2.45, 2.75) is 45.7 Å². The van der Waals surface area contributed by atoms with E-state index < -0.39 is 5.54 Å². The van der Waals surface area contributed by atoms with Gasteiger partial charge in [-0.05, 0) is 27.2 Å². The highest BCUT2D eigenvalue weighted by molar-refractivity contribution is 5.93. The van der Waals surface area contributed by atoms with Crippen LogP contribution in [0.3, 0.4) is 0 Å². The SMILES string of the molecule is CCC(C)(NC(=O)NC(C)C)/C(N)=N/O. The lowest BCUT2D eigenvalue weighted by Gasteiger charge is -2.28. The second-order valence-electron chi connectivity index (χ2n) is 3.92. The van der Waals surface area contributed by atoms with Crippen LogP contribution in [0.4, 0.5) is 4.79 Å². The highest BCUT2D eigenvalue weighted by Gasteiger charge is 2.29. The van der Waals surface area contributed by atoms with Crippen molar-refractivity contribution in [1.82, 2.24) is 10.6 Å². The van der Waals surface area contributed by atoms with Gasteiger partial charge in [0.05, 0.1) is 5.54 Å². The molecule has 0 spiro atoms. The Bertz CT molecular complexity index is 252. The van der Waals surface area contributed by atoms with Gasteiger partial charge in [0, 0.05) is 6.04 Å². The Hall–Kier alpha value is -1.46. The predicted molar refractivity (Wildman–Crippen MR) is 58.9 cm³/mol. The predicted octanol–water partition coefficient (Wildman–Crippen LogP) is 0.609. The molecule has 5 N–H and O–H groups in total. The van der Waals surface area contributed by atoms with E-state index in [2.05, 4.69) is 15.8 Å². The molecule has 1 unspecified atom stereocenters. The lowest BCUT2D eigenvalue weighted by Crippen LogP contribution is -2.58. The number of nitrogens with zero attached hydrogens (tertiary/aromatic N) is 1. The number of nitrogens with one attached hydrogen (secondary N) is 2. The number of nitrogens with two attached hydrogens (primary N) is 1. The molecule has 0 fully saturated rings. The Morgan fingerprint density at radius 1 is 1.60 bits per heavy atom. The Labute approximate surface area is 89.9 Å². The zero-order valence-corrected chi connectivity index (χ0v) is 9.66. The largest absolute Gasteiger partial charge is 0.409 e. The molecule has 0 aromatic rings. The van der Waals surface area contributed by atoms with Crippen LogP contribution in [0.2, 0.25) is 0 Å². The molecule has 0 saturated carbocycles. The van der Waals surface area contributed by atoms with Gasteiger partial charge in [-0.15, -0.1) is 0 Å². The van der Waals surface area contributed by atoms with Gasteiger partial charge in [-0.1, -0.05) is 12.1 Å². The van der Waals surface area contributed by atoms with Crippen molar-refractivity contribution < 1.29 is 10.0 Å². The van der Waals surface area contributed by atoms with Gasteiger partial charge in [-0.3, -0.25) is 0 Å². The van der Waals surface area contributed by atoms with Crippen LogP contribution in [0.5, 0.6) is 0 Å². The first-order chi connectivity index (χ1) is 6.85. The van der Waals surface area contributed by atoms with E-state index in [9.17, 15) is 4.79 Å². The number of rotatable bonds is 4. The quantitative estimate of drug-likeness (QED) is 0.240. The maximum atomic E-state index is 11.4. The third kappa shape index (κ3) is 4.05. The molecule has 0 saturated heterocycles. The van der Waals surface area contributed by atoms with E-state index >= 15 is 0 Å². The van der Waals surface area contributed by atoms with Crippen LogP contribution in [0.15, 0.2) is 5.16 Å². The molecule has 0 radical (unpaired) electrons. The second kappa shape index (κ2) is 5.43. The highest BCUT2D eigenvalue weighted by Crippen LogP contribution is 2.08. The van der Waals surface area contributed by atoms with Crippen LogP contribution in [0.1, 0.15) is 34.1 Å². The fraction of sp³-hybridized carbons (Fsp3) is 0.778. The van der Waals surface area contributed by atoms with Crippen molar-refractivity contribution in [2.75, 3.05) is 0 Å². The number of carbonyl (C=O) groups is 1. The number of amides is 2. The molecule has 6 heteroatoms. The molecular weight excluding hydrogens is 196 g/mol. The van der Waals surface area contributed by atoms with Gasteiger partial charge in [0.15, 0.2) is 5.84 Å². The maximum Gasteiger partial charge on any atom is 0.315 e. The summed E-state index contributed by atoms with van der Waals surface area (Å²) in [6.07, 6.45) is 0.536. The van der Waals surface area contributed by atoms with Crippen LogP contribution in [-0.4, -0.2) is 28.7 Å². The van der Waals surface area contributed by atoms with Gasteiger partial charge < -0.3 is 21.6 Å². The summed E-state index contributed by atoms with van der Waals surface area (Å²) in [7, 11) is 0. The summed E-state index contributed by atoms with van der Waals surface area (Å²) in [5.74, 6) is -0.0103. The van der Waals surface area contributed by atoms with Crippen molar-refractivity contribution in [1.29, 1.82) is 0 Å². The third-order valence-electron chi connectivity index (χ3n) is 2.19. The number of oxime groups is 1. The number of hydrogen-bond acceptors (Lipinski definition) is 3. The molecule has 0 aliphatic carbocycles. The minimum Gasteiger partial charge on any atom is -0.409 e.